The first-order valence-electron chi connectivity index (χ1n) is 8.81. The third-order valence-corrected chi connectivity index (χ3v) is 4.99. The highest BCUT2D eigenvalue weighted by atomic mass is 16.9. The third kappa shape index (κ3) is 2.83. The van der Waals surface area contributed by atoms with Crippen molar-refractivity contribution in [3.05, 3.63) is 0 Å². The van der Waals surface area contributed by atoms with Gasteiger partial charge in [0.15, 0.2) is 17.4 Å². The molecule has 1 N–H and O–H groups in total. The van der Waals surface area contributed by atoms with E-state index in [1.807, 2.05) is 27.7 Å². The molecule has 0 aromatic carbocycles. The van der Waals surface area contributed by atoms with Crippen molar-refractivity contribution in [3.8, 4) is 0 Å². The summed E-state index contributed by atoms with van der Waals surface area (Å²) in [6, 6.07) is 0. The van der Waals surface area contributed by atoms with Gasteiger partial charge in [-0.3, -0.25) is 0 Å². The number of rotatable bonds is 2. The lowest BCUT2D eigenvalue weighted by Crippen LogP contribution is -2.56. The van der Waals surface area contributed by atoms with Crippen LogP contribution < -0.4 is 0 Å². The summed E-state index contributed by atoms with van der Waals surface area (Å²) >= 11 is 0. The average Bonchev–Trinajstić information content (AvgIpc) is 3.03. The zero-order valence-corrected chi connectivity index (χ0v) is 15.6. The van der Waals surface area contributed by atoms with Crippen molar-refractivity contribution in [2.24, 2.45) is 0 Å². The van der Waals surface area contributed by atoms with Gasteiger partial charge in [0.1, 0.15) is 30.5 Å². The maximum atomic E-state index is 9.80. The second kappa shape index (κ2) is 5.36. The van der Waals surface area contributed by atoms with Gasteiger partial charge in [0.2, 0.25) is 5.79 Å². The molecule has 4 heterocycles. The minimum atomic E-state index is -1.23. The third-order valence-electron chi connectivity index (χ3n) is 4.99. The Hall–Kier alpha value is -0.320. The van der Waals surface area contributed by atoms with Crippen molar-refractivity contribution in [1.29, 1.82) is 0 Å². The van der Waals surface area contributed by atoms with Crippen LogP contribution in [0.2, 0.25) is 0 Å². The van der Waals surface area contributed by atoms with Crippen molar-refractivity contribution in [2.75, 3.05) is 13.2 Å². The Labute approximate surface area is 147 Å². The molecule has 6 atom stereocenters. The fraction of sp³-hybridized carbons (Fsp3) is 1.00. The van der Waals surface area contributed by atoms with E-state index in [4.69, 9.17) is 33.2 Å². The second-order valence-corrected chi connectivity index (χ2v) is 8.49. The minimum absolute atomic E-state index is 0.214. The van der Waals surface area contributed by atoms with E-state index in [9.17, 15) is 5.11 Å². The molecule has 0 saturated carbocycles. The first kappa shape index (κ1) is 18.1. The lowest BCUT2D eigenvalue weighted by molar-refractivity contribution is -0.339. The number of aliphatic hydroxyl groups excluding tert-OH is 1. The summed E-state index contributed by atoms with van der Waals surface area (Å²) in [6.07, 6.45) is -2.48. The molecule has 4 aliphatic rings. The van der Waals surface area contributed by atoms with Gasteiger partial charge >= 0.3 is 0 Å². The SMILES string of the molecule is CC1(C)OC[C@@H]2O[C@@]3([C@@H]4OC(C)(C)O[C@H]4CO)OC(C)(C)O[C@H]3[C@@H]2O1. The lowest BCUT2D eigenvalue weighted by atomic mass is 9.96. The van der Waals surface area contributed by atoms with Crippen LogP contribution in [-0.4, -0.2) is 72.0 Å². The Morgan fingerprint density at radius 3 is 2.16 bits per heavy atom. The van der Waals surface area contributed by atoms with Gasteiger partial charge in [-0.2, -0.15) is 0 Å². The summed E-state index contributed by atoms with van der Waals surface area (Å²) in [4.78, 5) is 0. The molecule has 4 rings (SSSR count). The van der Waals surface area contributed by atoms with Gasteiger partial charge in [0, 0.05) is 0 Å². The van der Waals surface area contributed by atoms with Gasteiger partial charge in [0.25, 0.3) is 0 Å². The monoisotopic (exact) mass is 360 g/mol. The predicted octanol–water partition coefficient (Wildman–Crippen LogP) is 0.897. The second-order valence-electron chi connectivity index (χ2n) is 8.49. The molecule has 0 unspecified atom stereocenters. The fourth-order valence-corrected chi connectivity index (χ4v) is 4.25. The number of hydrogen-bond acceptors (Lipinski definition) is 8. The first-order chi connectivity index (χ1) is 11.5. The number of ether oxygens (including phenoxy) is 7. The molecule has 4 fully saturated rings. The summed E-state index contributed by atoms with van der Waals surface area (Å²) in [6.45, 7) is 11.1. The summed E-state index contributed by atoms with van der Waals surface area (Å²) < 4.78 is 42.4. The summed E-state index contributed by atoms with van der Waals surface area (Å²) in [5.41, 5.74) is 0. The molecule has 0 radical (unpaired) electrons. The van der Waals surface area contributed by atoms with E-state index in [0.717, 1.165) is 0 Å². The van der Waals surface area contributed by atoms with Gasteiger partial charge in [-0.25, -0.2) is 0 Å². The normalized spacial score (nSPS) is 49.8. The number of hydrogen-bond donors (Lipinski definition) is 1. The van der Waals surface area contributed by atoms with E-state index in [1.165, 1.54) is 0 Å². The first-order valence-corrected chi connectivity index (χ1v) is 8.81. The molecule has 0 aromatic rings. The van der Waals surface area contributed by atoms with Gasteiger partial charge in [0.05, 0.1) is 13.2 Å². The van der Waals surface area contributed by atoms with E-state index in [0.29, 0.717) is 6.61 Å². The maximum absolute atomic E-state index is 9.80. The van der Waals surface area contributed by atoms with Crippen molar-refractivity contribution >= 4 is 0 Å². The molecule has 0 amide bonds. The molecular formula is C17H28O8. The number of aliphatic hydroxyl groups is 1. The van der Waals surface area contributed by atoms with Crippen LogP contribution in [0.3, 0.4) is 0 Å². The van der Waals surface area contributed by atoms with Crippen molar-refractivity contribution in [3.63, 3.8) is 0 Å². The van der Waals surface area contributed by atoms with Crippen LogP contribution in [0.25, 0.3) is 0 Å². The van der Waals surface area contributed by atoms with E-state index in [1.54, 1.807) is 13.8 Å². The molecule has 4 aliphatic heterocycles. The van der Waals surface area contributed by atoms with Gasteiger partial charge in [-0.1, -0.05) is 0 Å². The van der Waals surface area contributed by atoms with Crippen molar-refractivity contribution < 1.29 is 38.3 Å². The van der Waals surface area contributed by atoms with Crippen LogP contribution in [0.1, 0.15) is 41.5 Å². The summed E-state index contributed by atoms with van der Waals surface area (Å²) in [7, 11) is 0. The average molecular weight is 360 g/mol. The van der Waals surface area contributed by atoms with Crippen molar-refractivity contribution in [1.82, 2.24) is 0 Å². The lowest BCUT2D eigenvalue weighted by Gasteiger charge is -2.38. The number of fused-ring (bicyclic) bond motifs is 3. The zero-order valence-electron chi connectivity index (χ0n) is 15.6. The topological polar surface area (TPSA) is 84.8 Å². The molecule has 0 aromatic heterocycles. The largest absolute Gasteiger partial charge is 0.394 e. The smallest absolute Gasteiger partial charge is 0.230 e. The van der Waals surface area contributed by atoms with E-state index in [-0.39, 0.29) is 18.8 Å². The Kier molecular flexibility index (Phi) is 3.87. The Balaban J connectivity index is 1.71. The highest BCUT2D eigenvalue weighted by Crippen LogP contribution is 2.53. The zero-order chi connectivity index (χ0) is 18.3. The Morgan fingerprint density at radius 2 is 1.48 bits per heavy atom. The quantitative estimate of drug-likeness (QED) is 0.777. The van der Waals surface area contributed by atoms with Crippen LogP contribution >= 0.6 is 0 Å². The van der Waals surface area contributed by atoms with Gasteiger partial charge in [-0.05, 0) is 41.5 Å². The van der Waals surface area contributed by atoms with E-state index in [2.05, 4.69) is 0 Å². The molecule has 4 saturated heterocycles. The molecule has 8 nitrogen and oxygen atoms in total. The molecule has 0 bridgehead atoms. The minimum Gasteiger partial charge on any atom is -0.394 e. The Morgan fingerprint density at radius 1 is 0.800 bits per heavy atom. The van der Waals surface area contributed by atoms with Crippen LogP contribution in [0.5, 0.6) is 0 Å². The highest BCUT2D eigenvalue weighted by molar-refractivity contribution is 5.11. The van der Waals surface area contributed by atoms with E-state index < -0.39 is 41.5 Å². The van der Waals surface area contributed by atoms with Crippen LogP contribution in [0.4, 0.5) is 0 Å². The van der Waals surface area contributed by atoms with Crippen LogP contribution in [-0.2, 0) is 33.2 Å². The standard InChI is InChI=1S/C17H28O8/c1-14(2)19-8-10-11(22-14)13-17(21-10,25-16(5,6)24-13)12-9(7-18)20-15(3,4)23-12/h9-13,18H,7-8H2,1-6H3/t9-,10-,11+,12+,13-,17-/m0/s1. The molecular weight excluding hydrogens is 332 g/mol. The maximum Gasteiger partial charge on any atom is 0.230 e. The fourth-order valence-electron chi connectivity index (χ4n) is 4.25. The van der Waals surface area contributed by atoms with Crippen LogP contribution in [0, 0.1) is 0 Å². The molecule has 144 valence electrons. The van der Waals surface area contributed by atoms with Crippen molar-refractivity contribution in [2.45, 2.75) is 95.2 Å². The molecule has 0 aliphatic carbocycles. The molecule has 25 heavy (non-hydrogen) atoms. The van der Waals surface area contributed by atoms with Gasteiger partial charge in [-0.15, -0.1) is 0 Å². The van der Waals surface area contributed by atoms with E-state index >= 15 is 0 Å². The highest BCUT2D eigenvalue weighted by Gasteiger charge is 2.73. The van der Waals surface area contributed by atoms with Gasteiger partial charge < -0.3 is 38.3 Å². The predicted molar refractivity (Wildman–Crippen MR) is 83.5 cm³/mol. The van der Waals surface area contributed by atoms with Crippen LogP contribution in [0.15, 0.2) is 0 Å². The summed E-state index contributed by atoms with van der Waals surface area (Å²) in [5, 5.41) is 9.80. The summed E-state index contributed by atoms with van der Waals surface area (Å²) in [5.74, 6) is -3.71. The Bertz CT molecular complexity index is 547. The molecule has 0 spiro atoms. The molecule has 8 heteroatoms.